The lowest BCUT2D eigenvalue weighted by atomic mass is 10.3. The summed E-state index contributed by atoms with van der Waals surface area (Å²) in [6.45, 7) is 2.11. The molecule has 2 aromatic rings. The van der Waals surface area contributed by atoms with Crippen molar-refractivity contribution in [1.82, 2.24) is 20.0 Å². The molecule has 11 heteroatoms. The van der Waals surface area contributed by atoms with Crippen molar-refractivity contribution >= 4 is 11.6 Å². The summed E-state index contributed by atoms with van der Waals surface area (Å²) in [5.74, 6) is -0.926. The highest BCUT2D eigenvalue weighted by Crippen LogP contribution is 2.34. The van der Waals surface area contributed by atoms with Gasteiger partial charge >= 0.3 is 6.18 Å². The highest BCUT2D eigenvalue weighted by Gasteiger charge is 2.38. The van der Waals surface area contributed by atoms with Gasteiger partial charge in [-0.1, -0.05) is 0 Å². The summed E-state index contributed by atoms with van der Waals surface area (Å²) in [4.78, 5) is 11.9. The summed E-state index contributed by atoms with van der Waals surface area (Å²) >= 11 is 0. The minimum Gasteiger partial charge on any atom is -0.321 e. The van der Waals surface area contributed by atoms with Crippen molar-refractivity contribution in [2.45, 2.75) is 33.0 Å². The number of aryl methyl sites for hydroxylation is 2. The second-order valence-corrected chi connectivity index (χ2v) is 4.79. The number of amides is 1. The molecule has 0 radical (unpaired) electrons. The van der Waals surface area contributed by atoms with Crippen molar-refractivity contribution in [3.63, 3.8) is 0 Å². The number of carbonyl (C=O) groups excluding carboxylic acids is 1. The van der Waals surface area contributed by atoms with Crippen molar-refractivity contribution in [1.29, 1.82) is 0 Å². The SMILES string of the molecule is Cc1cc(C(F)F)n(CC(=O)Nc2c(C(F)(F)F)n[nH]c2C)n1. The Kier molecular flexibility index (Phi) is 4.39. The van der Waals surface area contributed by atoms with Crippen LogP contribution in [-0.2, 0) is 17.5 Å². The summed E-state index contributed by atoms with van der Waals surface area (Å²) < 4.78 is 64.6. The lowest BCUT2D eigenvalue weighted by molar-refractivity contribution is -0.140. The smallest absolute Gasteiger partial charge is 0.321 e. The Morgan fingerprint density at radius 3 is 2.61 bits per heavy atom. The predicted molar refractivity (Wildman–Crippen MR) is 68.9 cm³/mol. The average molecular weight is 337 g/mol. The second kappa shape index (κ2) is 5.97. The largest absolute Gasteiger partial charge is 0.437 e. The molecule has 0 saturated heterocycles. The number of hydrogen-bond donors (Lipinski definition) is 2. The van der Waals surface area contributed by atoms with Crippen molar-refractivity contribution in [3.8, 4) is 0 Å². The average Bonchev–Trinajstić information content (AvgIpc) is 2.93. The van der Waals surface area contributed by atoms with Gasteiger partial charge in [0.2, 0.25) is 5.91 Å². The van der Waals surface area contributed by atoms with E-state index >= 15 is 0 Å². The maximum Gasteiger partial charge on any atom is 0.437 e. The summed E-state index contributed by atoms with van der Waals surface area (Å²) in [7, 11) is 0. The Labute approximate surface area is 126 Å². The van der Waals surface area contributed by atoms with E-state index in [1.807, 2.05) is 5.32 Å². The molecule has 23 heavy (non-hydrogen) atoms. The van der Waals surface area contributed by atoms with Gasteiger partial charge in [0.05, 0.1) is 17.1 Å². The molecule has 2 N–H and O–H groups in total. The first-order valence-corrected chi connectivity index (χ1v) is 6.34. The molecule has 0 aliphatic heterocycles. The fraction of sp³-hybridized carbons (Fsp3) is 0.417. The van der Waals surface area contributed by atoms with Crippen molar-refractivity contribution < 1.29 is 26.7 Å². The van der Waals surface area contributed by atoms with E-state index in [1.165, 1.54) is 13.8 Å². The number of halogens is 5. The van der Waals surface area contributed by atoms with Gasteiger partial charge in [-0.25, -0.2) is 8.78 Å². The van der Waals surface area contributed by atoms with Gasteiger partial charge in [-0.3, -0.25) is 14.6 Å². The van der Waals surface area contributed by atoms with Crippen LogP contribution in [0.1, 0.15) is 29.2 Å². The fourth-order valence-electron chi connectivity index (χ4n) is 1.97. The first kappa shape index (κ1) is 16.9. The quantitative estimate of drug-likeness (QED) is 0.843. The molecule has 126 valence electrons. The summed E-state index contributed by atoms with van der Waals surface area (Å²) in [6, 6.07) is 1.10. The monoisotopic (exact) mass is 337 g/mol. The number of anilines is 1. The van der Waals surface area contributed by atoms with Gasteiger partial charge in [0.25, 0.3) is 6.43 Å². The van der Waals surface area contributed by atoms with Gasteiger partial charge in [-0.15, -0.1) is 0 Å². The van der Waals surface area contributed by atoms with E-state index in [-0.39, 0.29) is 11.4 Å². The first-order valence-electron chi connectivity index (χ1n) is 6.34. The Balaban J connectivity index is 2.20. The molecule has 2 rings (SSSR count). The summed E-state index contributed by atoms with van der Waals surface area (Å²) in [6.07, 6.45) is -7.62. The summed E-state index contributed by atoms with van der Waals surface area (Å²) in [5, 5.41) is 11.0. The molecule has 0 aliphatic rings. The summed E-state index contributed by atoms with van der Waals surface area (Å²) in [5.41, 5.74) is -2.04. The fourth-order valence-corrected chi connectivity index (χ4v) is 1.97. The zero-order valence-electron chi connectivity index (χ0n) is 12.0. The molecule has 2 aromatic heterocycles. The van der Waals surface area contributed by atoms with E-state index in [1.54, 1.807) is 0 Å². The zero-order valence-corrected chi connectivity index (χ0v) is 12.0. The lowest BCUT2D eigenvalue weighted by Gasteiger charge is -2.10. The minimum atomic E-state index is -4.76. The molecule has 0 bridgehead atoms. The third kappa shape index (κ3) is 3.66. The molecular formula is C12H12F5N5O. The topological polar surface area (TPSA) is 75.6 Å². The number of rotatable bonds is 4. The van der Waals surface area contributed by atoms with Crippen molar-refractivity contribution in [2.24, 2.45) is 0 Å². The maximum atomic E-state index is 12.8. The lowest BCUT2D eigenvalue weighted by Crippen LogP contribution is -2.23. The Hall–Kier alpha value is -2.46. The van der Waals surface area contributed by atoms with Crippen LogP contribution >= 0.6 is 0 Å². The molecule has 1 amide bonds. The molecule has 6 nitrogen and oxygen atoms in total. The highest BCUT2D eigenvalue weighted by molar-refractivity contribution is 5.91. The molecule has 2 heterocycles. The predicted octanol–water partition coefficient (Wildman–Crippen LogP) is 2.82. The standard InChI is InChI=1S/C12H12F5N5O/c1-5-3-7(11(13)14)22(21-5)4-8(23)18-9-6(2)19-20-10(9)12(15,16)17/h3,11H,4H2,1-2H3,(H,18,23)(H,19,20). The number of H-pyrrole nitrogens is 1. The van der Waals surface area contributed by atoms with Crippen molar-refractivity contribution in [2.75, 3.05) is 5.32 Å². The van der Waals surface area contributed by atoms with Gasteiger partial charge in [0, 0.05) is 0 Å². The van der Waals surface area contributed by atoms with E-state index in [0.717, 1.165) is 10.7 Å². The Morgan fingerprint density at radius 1 is 1.39 bits per heavy atom. The first-order chi connectivity index (χ1) is 10.6. The number of nitrogens with one attached hydrogen (secondary N) is 2. The number of alkyl halides is 5. The highest BCUT2D eigenvalue weighted by atomic mass is 19.4. The van der Waals surface area contributed by atoms with E-state index in [9.17, 15) is 26.7 Å². The molecule has 0 unspecified atom stereocenters. The van der Waals surface area contributed by atoms with Gasteiger partial charge < -0.3 is 5.32 Å². The van der Waals surface area contributed by atoms with Crippen LogP contribution in [0.4, 0.5) is 27.6 Å². The van der Waals surface area contributed by atoms with E-state index in [4.69, 9.17) is 0 Å². The van der Waals surface area contributed by atoms with E-state index in [0.29, 0.717) is 0 Å². The second-order valence-electron chi connectivity index (χ2n) is 4.79. The molecule has 0 aliphatic carbocycles. The van der Waals surface area contributed by atoms with Gasteiger partial charge in [0.1, 0.15) is 12.2 Å². The van der Waals surface area contributed by atoms with Crippen LogP contribution in [0.25, 0.3) is 0 Å². The molecular weight excluding hydrogens is 325 g/mol. The van der Waals surface area contributed by atoms with Crippen molar-refractivity contribution in [3.05, 3.63) is 28.8 Å². The number of aromatic amines is 1. The van der Waals surface area contributed by atoms with Crippen LogP contribution in [0, 0.1) is 13.8 Å². The number of aromatic nitrogens is 4. The third-order valence-corrected chi connectivity index (χ3v) is 2.93. The van der Waals surface area contributed by atoms with Crippen LogP contribution in [0.15, 0.2) is 6.07 Å². The van der Waals surface area contributed by atoms with Crippen LogP contribution in [0.2, 0.25) is 0 Å². The van der Waals surface area contributed by atoms with Crippen LogP contribution < -0.4 is 5.32 Å². The molecule has 0 aromatic carbocycles. The van der Waals surface area contributed by atoms with Gasteiger partial charge in [-0.2, -0.15) is 23.4 Å². The Bertz CT molecular complexity index is 718. The van der Waals surface area contributed by atoms with E-state index < -0.39 is 42.1 Å². The minimum absolute atomic E-state index is 0.00333. The zero-order chi connectivity index (χ0) is 17.4. The van der Waals surface area contributed by atoms with Crippen LogP contribution in [0.3, 0.4) is 0 Å². The van der Waals surface area contributed by atoms with E-state index in [2.05, 4.69) is 15.3 Å². The normalized spacial score (nSPS) is 12.0. The van der Waals surface area contributed by atoms with Crippen LogP contribution in [-0.4, -0.2) is 25.9 Å². The maximum absolute atomic E-state index is 12.8. The van der Waals surface area contributed by atoms with Gasteiger partial charge in [0.15, 0.2) is 5.69 Å². The number of hydrogen-bond acceptors (Lipinski definition) is 3. The number of carbonyl (C=O) groups is 1. The molecule has 0 spiro atoms. The van der Waals surface area contributed by atoms with Crippen LogP contribution in [0.5, 0.6) is 0 Å². The Morgan fingerprint density at radius 2 is 2.04 bits per heavy atom. The molecule has 0 atom stereocenters. The molecule has 0 saturated carbocycles. The molecule has 0 fully saturated rings. The third-order valence-electron chi connectivity index (χ3n) is 2.93. The number of nitrogens with zero attached hydrogens (tertiary/aromatic N) is 3. The van der Waals surface area contributed by atoms with Gasteiger partial charge in [-0.05, 0) is 19.9 Å².